The van der Waals surface area contributed by atoms with E-state index in [0.29, 0.717) is 0 Å². The Morgan fingerprint density at radius 3 is 2.62 bits per heavy atom. The molecule has 1 aromatic rings. The Morgan fingerprint density at radius 1 is 1.56 bits per heavy atom. The van der Waals surface area contributed by atoms with Gasteiger partial charge in [-0.3, -0.25) is 9.48 Å². The Balaban J connectivity index is 3.15. The second-order valence-electron chi connectivity index (χ2n) is 3.54. The van der Waals surface area contributed by atoms with Crippen LogP contribution in [-0.2, 0) is 4.74 Å². The lowest BCUT2D eigenvalue weighted by Crippen LogP contribution is -2.15. The molecule has 1 heterocycles. The zero-order chi connectivity index (χ0) is 12.3. The number of carbonyl (C=O) groups excluding carboxylic acids is 2. The van der Waals surface area contributed by atoms with Crippen LogP contribution in [0.5, 0.6) is 0 Å². The lowest BCUT2D eigenvalue weighted by Gasteiger charge is -2.09. The molecule has 1 rings (SSSR count). The second-order valence-corrected chi connectivity index (χ2v) is 3.54. The van der Waals surface area contributed by atoms with Gasteiger partial charge in [-0.05, 0) is 20.8 Å². The highest BCUT2D eigenvalue weighted by Gasteiger charge is 2.20. The number of hydrogen-bond donors (Lipinski definition) is 1. The normalized spacial score (nSPS) is 10.5. The van der Waals surface area contributed by atoms with E-state index in [-0.39, 0.29) is 24.0 Å². The predicted molar refractivity (Wildman–Crippen MR) is 57.1 cm³/mol. The maximum atomic E-state index is 11.6. The summed E-state index contributed by atoms with van der Waals surface area (Å²) in [6, 6.07) is 1.30. The highest BCUT2D eigenvalue weighted by Crippen LogP contribution is 2.12. The van der Waals surface area contributed by atoms with Gasteiger partial charge in [0.15, 0.2) is 5.69 Å². The zero-order valence-electron chi connectivity index (χ0n) is 9.56. The fourth-order valence-corrected chi connectivity index (χ4v) is 1.27. The number of ether oxygens (including phenoxy) is 1. The summed E-state index contributed by atoms with van der Waals surface area (Å²) in [5, 5.41) is 3.95. The van der Waals surface area contributed by atoms with Gasteiger partial charge < -0.3 is 10.5 Å². The topological polar surface area (TPSA) is 87.2 Å². The average molecular weight is 225 g/mol. The molecule has 2 N–H and O–H groups in total. The van der Waals surface area contributed by atoms with Crippen molar-refractivity contribution in [2.24, 2.45) is 5.73 Å². The van der Waals surface area contributed by atoms with Gasteiger partial charge in [-0.25, -0.2) is 4.79 Å². The van der Waals surface area contributed by atoms with Crippen LogP contribution in [0.1, 0.15) is 47.8 Å². The first-order chi connectivity index (χ1) is 7.47. The van der Waals surface area contributed by atoms with Crippen LogP contribution in [0.15, 0.2) is 6.07 Å². The van der Waals surface area contributed by atoms with Crippen molar-refractivity contribution < 1.29 is 14.3 Å². The number of rotatable bonds is 4. The van der Waals surface area contributed by atoms with Gasteiger partial charge in [0.05, 0.1) is 6.61 Å². The highest BCUT2D eigenvalue weighted by atomic mass is 16.5. The molecular weight excluding hydrogens is 210 g/mol. The van der Waals surface area contributed by atoms with Gasteiger partial charge in [-0.1, -0.05) is 0 Å². The summed E-state index contributed by atoms with van der Waals surface area (Å²) in [5.41, 5.74) is 5.41. The molecule has 0 aliphatic heterocycles. The zero-order valence-corrected chi connectivity index (χ0v) is 9.56. The molecule has 0 spiro atoms. The quantitative estimate of drug-likeness (QED) is 0.765. The lowest BCUT2D eigenvalue weighted by atomic mass is 10.3. The predicted octanol–water partition coefficient (Wildman–Crippen LogP) is 0.740. The number of amides is 1. The molecule has 0 aliphatic rings. The van der Waals surface area contributed by atoms with E-state index in [1.54, 1.807) is 6.92 Å². The molecule has 0 fully saturated rings. The van der Waals surface area contributed by atoms with Crippen molar-refractivity contribution in [1.29, 1.82) is 0 Å². The fourth-order valence-electron chi connectivity index (χ4n) is 1.27. The minimum Gasteiger partial charge on any atom is -0.461 e. The highest BCUT2D eigenvalue weighted by molar-refractivity contribution is 5.95. The molecule has 0 unspecified atom stereocenters. The molecule has 88 valence electrons. The van der Waals surface area contributed by atoms with E-state index in [1.165, 1.54) is 10.7 Å². The van der Waals surface area contributed by atoms with Crippen molar-refractivity contribution in [3.05, 3.63) is 17.5 Å². The summed E-state index contributed by atoms with van der Waals surface area (Å²) >= 11 is 0. The number of primary amides is 1. The van der Waals surface area contributed by atoms with Crippen molar-refractivity contribution >= 4 is 11.9 Å². The summed E-state index contributed by atoms with van der Waals surface area (Å²) in [6.07, 6.45) is 0. The number of esters is 1. The molecule has 1 amide bonds. The number of aromatic nitrogens is 2. The van der Waals surface area contributed by atoms with E-state index in [9.17, 15) is 9.59 Å². The summed E-state index contributed by atoms with van der Waals surface area (Å²) in [5.74, 6) is -1.17. The molecule has 0 radical (unpaired) electrons. The maximum absolute atomic E-state index is 11.6. The standard InChI is InChI=1S/C10H15N3O3/c1-4-16-10(15)8-5-7(9(11)14)12-13(8)6(2)3/h5-6H,4H2,1-3H3,(H2,11,14). The Bertz CT molecular complexity index is 409. The minimum absolute atomic E-state index is 0.0486. The van der Waals surface area contributed by atoms with Gasteiger partial charge in [0.25, 0.3) is 5.91 Å². The third kappa shape index (κ3) is 2.39. The summed E-state index contributed by atoms with van der Waals surface area (Å²) < 4.78 is 6.29. The Hall–Kier alpha value is -1.85. The summed E-state index contributed by atoms with van der Waals surface area (Å²) in [7, 11) is 0. The van der Waals surface area contributed by atoms with Gasteiger partial charge in [0.2, 0.25) is 0 Å². The molecular formula is C10H15N3O3. The van der Waals surface area contributed by atoms with Gasteiger partial charge in [0, 0.05) is 12.1 Å². The first kappa shape index (κ1) is 12.2. The van der Waals surface area contributed by atoms with E-state index in [2.05, 4.69) is 5.10 Å². The largest absolute Gasteiger partial charge is 0.461 e. The molecule has 6 nitrogen and oxygen atoms in total. The Morgan fingerprint density at radius 2 is 2.19 bits per heavy atom. The summed E-state index contributed by atoms with van der Waals surface area (Å²) in [6.45, 7) is 5.68. The third-order valence-corrected chi connectivity index (χ3v) is 1.96. The van der Waals surface area contributed by atoms with E-state index < -0.39 is 11.9 Å². The van der Waals surface area contributed by atoms with Crippen molar-refractivity contribution in [1.82, 2.24) is 9.78 Å². The van der Waals surface area contributed by atoms with E-state index in [4.69, 9.17) is 10.5 Å². The van der Waals surface area contributed by atoms with Crippen LogP contribution in [0.3, 0.4) is 0 Å². The van der Waals surface area contributed by atoms with Gasteiger partial charge in [-0.15, -0.1) is 0 Å². The Kier molecular flexibility index (Phi) is 3.65. The van der Waals surface area contributed by atoms with Gasteiger partial charge >= 0.3 is 5.97 Å². The van der Waals surface area contributed by atoms with Crippen LogP contribution in [0.2, 0.25) is 0 Å². The van der Waals surface area contributed by atoms with Crippen molar-refractivity contribution in [2.75, 3.05) is 6.61 Å². The van der Waals surface area contributed by atoms with Crippen LogP contribution in [0.4, 0.5) is 0 Å². The van der Waals surface area contributed by atoms with Crippen molar-refractivity contribution in [3.63, 3.8) is 0 Å². The third-order valence-electron chi connectivity index (χ3n) is 1.96. The molecule has 0 aliphatic carbocycles. The van der Waals surface area contributed by atoms with Crippen LogP contribution in [0.25, 0.3) is 0 Å². The van der Waals surface area contributed by atoms with Crippen molar-refractivity contribution in [2.45, 2.75) is 26.8 Å². The molecule has 0 aromatic carbocycles. The van der Waals surface area contributed by atoms with Gasteiger partial charge in [0.1, 0.15) is 5.69 Å². The number of carbonyl (C=O) groups is 2. The smallest absolute Gasteiger partial charge is 0.356 e. The number of hydrogen-bond acceptors (Lipinski definition) is 4. The second kappa shape index (κ2) is 4.78. The van der Waals surface area contributed by atoms with E-state index >= 15 is 0 Å². The van der Waals surface area contributed by atoms with Crippen LogP contribution in [-0.4, -0.2) is 28.3 Å². The summed E-state index contributed by atoms with van der Waals surface area (Å²) in [4.78, 5) is 22.5. The van der Waals surface area contributed by atoms with Crippen LogP contribution >= 0.6 is 0 Å². The maximum Gasteiger partial charge on any atom is 0.356 e. The molecule has 0 saturated carbocycles. The minimum atomic E-state index is -0.662. The molecule has 6 heteroatoms. The first-order valence-corrected chi connectivity index (χ1v) is 5.03. The molecule has 1 aromatic heterocycles. The van der Waals surface area contributed by atoms with E-state index in [1.807, 2.05) is 13.8 Å². The van der Waals surface area contributed by atoms with Crippen LogP contribution < -0.4 is 5.73 Å². The fraction of sp³-hybridized carbons (Fsp3) is 0.500. The average Bonchev–Trinajstić information content (AvgIpc) is 2.62. The number of nitrogens with zero attached hydrogens (tertiary/aromatic N) is 2. The lowest BCUT2D eigenvalue weighted by molar-refractivity contribution is 0.0509. The SMILES string of the molecule is CCOC(=O)c1cc(C(N)=O)nn1C(C)C. The molecule has 0 atom stereocenters. The van der Waals surface area contributed by atoms with Gasteiger partial charge in [-0.2, -0.15) is 5.10 Å². The number of nitrogens with two attached hydrogens (primary N) is 1. The molecule has 0 saturated heterocycles. The molecule has 0 bridgehead atoms. The molecule has 16 heavy (non-hydrogen) atoms. The van der Waals surface area contributed by atoms with Crippen molar-refractivity contribution in [3.8, 4) is 0 Å². The van der Waals surface area contributed by atoms with Crippen LogP contribution in [0, 0.1) is 0 Å². The monoisotopic (exact) mass is 225 g/mol. The Labute approximate surface area is 93.4 Å². The first-order valence-electron chi connectivity index (χ1n) is 5.03. The van der Waals surface area contributed by atoms with E-state index in [0.717, 1.165) is 0 Å².